The summed E-state index contributed by atoms with van der Waals surface area (Å²) in [7, 11) is 0. The van der Waals surface area contributed by atoms with Crippen molar-refractivity contribution in [2.45, 2.75) is 12.5 Å². The number of Topliss-reactive ketones (excluding diaryl/α,β-unsaturated/α-hetero) is 1. The highest BCUT2D eigenvalue weighted by Crippen LogP contribution is 2.24. The van der Waals surface area contributed by atoms with Gasteiger partial charge in [-0.05, 0) is 24.1 Å². The molecule has 0 unspecified atom stereocenters. The zero-order chi connectivity index (χ0) is 16.8. The van der Waals surface area contributed by atoms with E-state index >= 15 is 0 Å². The van der Waals surface area contributed by atoms with Crippen molar-refractivity contribution in [2.75, 3.05) is 6.54 Å². The summed E-state index contributed by atoms with van der Waals surface area (Å²) in [5, 5.41) is 21.6. The molecule has 0 radical (unpaired) electrons. The average Bonchev–Trinajstić information content (AvgIpc) is 2.55. The Morgan fingerprint density at radius 1 is 1.13 bits per heavy atom. The van der Waals surface area contributed by atoms with E-state index in [0.717, 1.165) is 0 Å². The van der Waals surface area contributed by atoms with Gasteiger partial charge in [-0.3, -0.25) is 14.9 Å². The quantitative estimate of drug-likeness (QED) is 0.678. The van der Waals surface area contributed by atoms with Gasteiger partial charge in [0.2, 0.25) is 0 Å². The van der Waals surface area contributed by atoms with Crippen LogP contribution in [-0.4, -0.2) is 34.6 Å². The minimum Gasteiger partial charge on any atom is -0.506 e. The van der Waals surface area contributed by atoms with Crippen LogP contribution in [0.5, 0.6) is 5.75 Å². The minimum atomic E-state index is -1.06. The first kappa shape index (κ1) is 17.0. The van der Waals surface area contributed by atoms with Crippen molar-refractivity contribution >= 4 is 23.4 Å². The Bertz CT molecular complexity index is 703. The molecule has 0 aromatic heterocycles. The maximum Gasteiger partial charge on any atom is 0.321 e. The molecule has 1 atom stereocenters. The van der Waals surface area contributed by atoms with Gasteiger partial charge in [-0.25, -0.2) is 0 Å². The Morgan fingerprint density at radius 2 is 1.83 bits per heavy atom. The summed E-state index contributed by atoms with van der Waals surface area (Å²) < 4.78 is 0. The summed E-state index contributed by atoms with van der Waals surface area (Å²) >= 11 is 5.81. The number of phenolic OH excluding ortho intramolecular Hbond substituents is 1. The molecule has 23 heavy (non-hydrogen) atoms. The van der Waals surface area contributed by atoms with E-state index in [2.05, 4.69) is 5.32 Å². The predicted octanol–water partition coefficient (Wildman–Crippen LogP) is 2.51. The van der Waals surface area contributed by atoms with Gasteiger partial charge in [0.25, 0.3) is 0 Å². The molecule has 0 spiro atoms. The van der Waals surface area contributed by atoms with Crippen LogP contribution in [0, 0.1) is 0 Å². The fourth-order valence-electron chi connectivity index (χ4n) is 2.10. The molecular weight excluding hydrogens is 318 g/mol. The molecule has 3 N–H and O–H groups in total. The topological polar surface area (TPSA) is 86.6 Å². The van der Waals surface area contributed by atoms with E-state index in [1.807, 2.05) is 0 Å². The molecule has 0 aliphatic carbocycles. The molecule has 0 heterocycles. The maximum absolute atomic E-state index is 12.0. The van der Waals surface area contributed by atoms with E-state index in [9.17, 15) is 19.8 Å². The molecule has 6 heteroatoms. The van der Waals surface area contributed by atoms with Crippen LogP contribution in [0.1, 0.15) is 15.9 Å². The van der Waals surface area contributed by atoms with Gasteiger partial charge in [-0.15, -0.1) is 0 Å². The van der Waals surface area contributed by atoms with E-state index < -0.39 is 12.0 Å². The van der Waals surface area contributed by atoms with Crippen molar-refractivity contribution < 1.29 is 19.8 Å². The third-order valence-electron chi connectivity index (χ3n) is 3.35. The number of carbonyl (C=O) groups excluding carboxylic acids is 1. The number of carboxylic acid groups (broad SMARTS) is 1. The first-order chi connectivity index (χ1) is 11.0. The van der Waals surface area contributed by atoms with Crippen LogP contribution in [0.25, 0.3) is 0 Å². The Morgan fingerprint density at radius 3 is 2.43 bits per heavy atom. The number of aliphatic carboxylic acids is 1. The lowest BCUT2D eigenvalue weighted by Gasteiger charge is -2.14. The normalized spacial score (nSPS) is 11.9. The highest BCUT2D eigenvalue weighted by molar-refractivity contribution is 6.32. The summed E-state index contributed by atoms with van der Waals surface area (Å²) in [6.07, 6.45) is 0.150. The van der Waals surface area contributed by atoms with Gasteiger partial charge in [-0.1, -0.05) is 48.0 Å². The van der Waals surface area contributed by atoms with Crippen molar-refractivity contribution in [2.24, 2.45) is 0 Å². The second kappa shape index (κ2) is 7.76. The van der Waals surface area contributed by atoms with Crippen molar-refractivity contribution in [1.29, 1.82) is 0 Å². The van der Waals surface area contributed by atoms with Crippen LogP contribution < -0.4 is 5.32 Å². The number of halogens is 1. The number of aromatic hydroxyl groups is 1. The van der Waals surface area contributed by atoms with Gasteiger partial charge in [0, 0.05) is 5.56 Å². The second-order valence-corrected chi connectivity index (χ2v) is 5.46. The van der Waals surface area contributed by atoms with Crippen LogP contribution >= 0.6 is 11.6 Å². The molecule has 2 aromatic rings. The molecule has 0 amide bonds. The molecule has 2 rings (SSSR count). The third kappa shape index (κ3) is 4.81. The number of hydrogen-bond acceptors (Lipinski definition) is 4. The Balaban J connectivity index is 2.00. The lowest BCUT2D eigenvalue weighted by molar-refractivity contribution is -0.139. The van der Waals surface area contributed by atoms with Crippen LogP contribution in [0.15, 0.2) is 48.5 Å². The monoisotopic (exact) mass is 333 g/mol. The minimum absolute atomic E-state index is 0.0606. The zero-order valence-electron chi connectivity index (χ0n) is 12.2. The largest absolute Gasteiger partial charge is 0.506 e. The van der Waals surface area contributed by atoms with Gasteiger partial charge in [0.05, 0.1) is 11.6 Å². The highest BCUT2D eigenvalue weighted by atomic mass is 35.5. The Kier molecular flexibility index (Phi) is 5.73. The summed E-state index contributed by atoms with van der Waals surface area (Å²) in [6, 6.07) is 12.2. The van der Waals surface area contributed by atoms with Crippen molar-refractivity contribution in [3.05, 3.63) is 64.7 Å². The average molecular weight is 334 g/mol. The van der Waals surface area contributed by atoms with E-state index in [1.54, 1.807) is 36.4 Å². The molecule has 0 fully saturated rings. The zero-order valence-corrected chi connectivity index (χ0v) is 13.0. The summed E-state index contributed by atoms with van der Waals surface area (Å²) in [5.41, 5.74) is 1.18. The van der Waals surface area contributed by atoms with Crippen LogP contribution in [0.2, 0.25) is 5.02 Å². The lowest BCUT2D eigenvalue weighted by Crippen LogP contribution is -2.41. The number of carbonyl (C=O) groups is 2. The summed E-state index contributed by atoms with van der Waals surface area (Å²) in [4.78, 5) is 23.4. The van der Waals surface area contributed by atoms with E-state index in [0.29, 0.717) is 11.1 Å². The maximum atomic E-state index is 12.0. The van der Waals surface area contributed by atoms with Crippen molar-refractivity contribution in [1.82, 2.24) is 5.32 Å². The fraction of sp³-hybridized carbons (Fsp3) is 0.176. The molecule has 0 saturated carbocycles. The van der Waals surface area contributed by atoms with Gasteiger partial charge in [0.15, 0.2) is 5.78 Å². The molecule has 120 valence electrons. The van der Waals surface area contributed by atoms with Crippen molar-refractivity contribution in [3.63, 3.8) is 0 Å². The van der Waals surface area contributed by atoms with Crippen molar-refractivity contribution in [3.8, 4) is 5.75 Å². The SMILES string of the molecule is O=C(CN[C@@H](Cc1ccc(O)c(Cl)c1)C(=O)O)c1ccccc1. The first-order valence-corrected chi connectivity index (χ1v) is 7.37. The summed E-state index contributed by atoms with van der Waals surface area (Å²) in [6.45, 7) is -0.0766. The van der Waals surface area contributed by atoms with Gasteiger partial charge >= 0.3 is 5.97 Å². The van der Waals surface area contributed by atoms with E-state index in [4.69, 9.17) is 11.6 Å². The third-order valence-corrected chi connectivity index (χ3v) is 3.66. The van der Waals surface area contributed by atoms with Gasteiger partial charge in [-0.2, -0.15) is 0 Å². The molecule has 0 aliphatic heterocycles. The second-order valence-electron chi connectivity index (χ2n) is 5.05. The number of nitrogens with one attached hydrogen (secondary N) is 1. The fourth-order valence-corrected chi connectivity index (χ4v) is 2.31. The number of phenols is 1. The predicted molar refractivity (Wildman–Crippen MR) is 87.0 cm³/mol. The van der Waals surface area contributed by atoms with Crippen LogP contribution in [-0.2, 0) is 11.2 Å². The standard InChI is InChI=1S/C17H16ClNO4/c18-13-8-11(6-7-15(13)20)9-14(17(22)23)19-10-16(21)12-4-2-1-3-5-12/h1-8,14,19-20H,9-10H2,(H,22,23)/t14-/m0/s1. The molecule has 5 nitrogen and oxygen atoms in total. The first-order valence-electron chi connectivity index (χ1n) is 6.99. The number of rotatable bonds is 7. The van der Waals surface area contributed by atoms with Gasteiger partial charge < -0.3 is 10.2 Å². The highest BCUT2D eigenvalue weighted by Gasteiger charge is 2.19. The Labute approximate surface area is 138 Å². The number of carboxylic acids is 1. The van der Waals surface area contributed by atoms with Gasteiger partial charge in [0.1, 0.15) is 11.8 Å². The number of hydrogen-bond donors (Lipinski definition) is 3. The molecule has 2 aromatic carbocycles. The molecule has 0 aliphatic rings. The lowest BCUT2D eigenvalue weighted by atomic mass is 10.0. The number of ketones is 1. The molecular formula is C17H16ClNO4. The smallest absolute Gasteiger partial charge is 0.321 e. The van der Waals surface area contributed by atoms with E-state index in [1.165, 1.54) is 12.1 Å². The number of benzene rings is 2. The van der Waals surface area contributed by atoms with Crippen LogP contribution in [0.3, 0.4) is 0 Å². The molecule has 0 saturated heterocycles. The molecule has 0 bridgehead atoms. The summed E-state index contributed by atoms with van der Waals surface area (Å²) in [5.74, 6) is -1.30. The van der Waals surface area contributed by atoms with E-state index in [-0.39, 0.29) is 29.5 Å². The Hall–Kier alpha value is -2.37. The van der Waals surface area contributed by atoms with Crippen LogP contribution in [0.4, 0.5) is 0 Å².